The van der Waals surface area contributed by atoms with E-state index < -0.39 is 0 Å². The zero-order valence-electron chi connectivity index (χ0n) is 11.5. The van der Waals surface area contributed by atoms with E-state index in [1.165, 1.54) is 5.56 Å². The fourth-order valence-corrected chi connectivity index (χ4v) is 1.87. The summed E-state index contributed by atoms with van der Waals surface area (Å²) in [6.45, 7) is 3.08. The van der Waals surface area contributed by atoms with Gasteiger partial charge in [-0.1, -0.05) is 25.1 Å². The largest absolute Gasteiger partial charge is 0.490 e. The summed E-state index contributed by atoms with van der Waals surface area (Å²) in [6.07, 6.45) is 0.951. The van der Waals surface area contributed by atoms with Gasteiger partial charge in [0.1, 0.15) is 24.7 Å². The SMILES string of the molecule is CCc1ccccc1OCCOc1ccc(C#N)cc1. The molecule has 0 saturated heterocycles. The van der Waals surface area contributed by atoms with Gasteiger partial charge in [-0.3, -0.25) is 0 Å². The molecule has 0 fully saturated rings. The second-order valence-corrected chi connectivity index (χ2v) is 4.29. The Hall–Kier alpha value is -2.47. The van der Waals surface area contributed by atoms with Crippen molar-refractivity contribution in [2.45, 2.75) is 13.3 Å². The van der Waals surface area contributed by atoms with E-state index in [9.17, 15) is 0 Å². The summed E-state index contributed by atoms with van der Waals surface area (Å²) in [5.41, 5.74) is 1.83. The van der Waals surface area contributed by atoms with Crippen LogP contribution < -0.4 is 9.47 Å². The van der Waals surface area contributed by atoms with Crippen molar-refractivity contribution in [3.05, 3.63) is 59.7 Å². The van der Waals surface area contributed by atoms with Gasteiger partial charge in [-0.25, -0.2) is 0 Å². The number of nitriles is 1. The van der Waals surface area contributed by atoms with Crippen LogP contribution >= 0.6 is 0 Å². The molecule has 0 saturated carbocycles. The summed E-state index contributed by atoms with van der Waals surface area (Å²) < 4.78 is 11.3. The number of nitrogens with zero attached hydrogens (tertiary/aromatic N) is 1. The van der Waals surface area contributed by atoms with Gasteiger partial charge >= 0.3 is 0 Å². The highest BCUT2D eigenvalue weighted by Crippen LogP contribution is 2.18. The summed E-state index contributed by atoms with van der Waals surface area (Å²) in [5, 5.41) is 8.71. The molecule has 0 spiro atoms. The Morgan fingerprint density at radius 3 is 2.35 bits per heavy atom. The Bertz CT molecular complexity index is 585. The molecule has 3 heteroatoms. The zero-order chi connectivity index (χ0) is 14.2. The summed E-state index contributed by atoms with van der Waals surface area (Å²) in [7, 11) is 0. The van der Waals surface area contributed by atoms with Crippen molar-refractivity contribution in [2.24, 2.45) is 0 Å². The fraction of sp³-hybridized carbons (Fsp3) is 0.235. The van der Waals surface area contributed by atoms with Crippen LogP contribution in [0.15, 0.2) is 48.5 Å². The molecule has 0 atom stereocenters. The van der Waals surface area contributed by atoms with Crippen LogP contribution in [0.3, 0.4) is 0 Å². The topological polar surface area (TPSA) is 42.2 Å². The van der Waals surface area contributed by atoms with Crippen molar-refractivity contribution in [3.8, 4) is 17.6 Å². The van der Waals surface area contributed by atoms with Crippen LogP contribution in [-0.4, -0.2) is 13.2 Å². The van der Waals surface area contributed by atoms with Gasteiger partial charge in [-0.2, -0.15) is 5.26 Å². The normalized spacial score (nSPS) is 9.80. The van der Waals surface area contributed by atoms with Gasteiger partial charge in [0.2, 0.25) is 0 Å². The Labute approximate surface area is 119 Å². The van der Waals surface area contributed by atoms with E-state index >= 15 is 0 Å². The Kier molecular flexibility index (Phi) is 5.02. The van der Waals surface area contributed by atoms with E-state index in [0.717, 1.165) is 17.9 Å². The Morgan fingerprint density at radius 1 is 0.950 bits per heavy atom. The molecule has 102 valence electrons. The monoisotopic (exact) mass is 267 g/mol. The van der Waals surface area contributed by atoms with E-state index in [0.29, 0.717) is 18.8 Å². The maximum absolute atomic E-state index is 8.71. The summed E-state index contributed by atoms with van der Waals surface area (Å²) in [4.78, 5) is 0. The average molecular weight is 267 g/mol. The van der Waals surface area contributed by atoms with Crippen LogP contribution in [0.5, 0.6) is 11.5 Å². The van der Waals surface area contributed by atoms with Gasteiger partial charge in [0.25, 0.3) is 0 Å². The lowest BCUT2D eigenvalue weighted by molar-refractivity contribution is 0.216. The smallest absolute Gasteiger partial charge is 0.122 e. The number of ether oxygens (including phenoxy) is 2. The number of hydrogen-bond acceptors (Lipinski definition) is 3. The minimum absolute atomic E-state index is 0.476. The molecule has 2 aromatic carbocycles. The van der Waals surface area contributed by atoms with Crippen LogP contribution in [0.4, 0.5) is 0 Å². The van der Waals surface area contributed by atoms with E-state index in [2.05, 4.69) is 19.1 Å². The van der Waals surface area contributed by atoms with E-state index in [4.69, 9.17) is 14.7 Å². The van der Waals surface area contributed by atoms with Crippen molar-refractivity contribution >= 4 is 0 Å². The van der Waals surface area contributed by atoms with E-state index in [-0.39, 0.29) is 0 Å². The predicted molar refractivity (Wildman–Crippen MR) is 78.0 cm³/mol. The number of benzene rings is 2. The maximum Gasteiger partial charge on any atom is 0.122 e. The molecule has 0 radical (unpaired) electrons. The first-order valence-electron chi connectivity index (χ1n) is 6.67. The van der Waals surface area contributed by atoms with Crippen molar-refractivity contribution in [1.82, 2.24) is 0 Å². The molecule has 0 aromatic heterocycles. The summed E-state index contributed by atoms with van der Waals surface area (Å²) >= 11 is 0. The van der Waals surface area contributed by atoms with Crippen LogP contribution in [0.2, 0.25) is 0 Å². The third kappa shape index (κ3) is 3.76. The van der Waals surface area contributed by atoms with Gasteiger partial charge in [0, 0.05) is 0 Å². The van der Waals surface area contributed by atoms with Gasteiger partial charge in [-0.15, -0.1) is 0 Å². The lowest BCUT2D eigenvalue weighted by Crippen LogP contribution is -2.09. The molecule has 3 nitrogen and oxygen atoms in total. The first kappa shape index (κ1) is 14.0. The average Bonchev–Trinajstić information content (AvgIpc) is 2.52. The molecule has 0 bridgehead atoms. The molecule has 20 heavy (non-hydrogen) atoms. The van der Waals surface area contributed by atoms with Gasteiger partial charge in [-0.05, 0) is 42.3 Å². The zero-order valence-corrected chi connectivity index (χ0v) is 11.5. The number of hydrogen-bond donors (Lipinski definition) is 0. The molecular weight excluding hydrogens is 250 g/mol. The molecule has 0 aliphatic rings. The standard InChI is InChI=1S/C17H17NO2/c1-2-15-5-3-4-6-17(15)20-12-11-19-16-9-7-14(13-18)8-10-16/h3-10H,2,11-12H2,1H3. The van der Waals surface area contributed by atoms with Crippen molar-refractivity contribution < 1.29 is 9.47 Å². The molecule has 2 aromatic rings. The quantitative estimate of drug-likeness (QED) is 0.751. The highest BCUT2D eigenvalue weighted by molar-refractivity contribution is 5.34. The molecule has 0 aliphatic carbocycles. The summed E-state index contributed by atoms with van der Waals surface area (Å²) in [5.74, 6) is 1.66. The molecule has 0 heterocycles. The number of aryl methyl sites for hydroxylation is 1. The van der Waals surface area contributed by atoms with Crippen LogP contribution in [0.1, 0.15) is 18.1 Å². The lowest BCUT2D eigenvalue weighted by atomic mass is 10.1. The van der Waals surface area contributed by atoms with E-state index in [1.54, 1.807) is 24.3 Å². The number of rotatable bonds is 6. The highest BCUT2D eigenvalue weighted by Gasteiger charge is 2.00. The van der Waals surface area contributed by atoms with Crippen LogP contribution in [0, 0.1) is 11.3 Å². The molecule has 0 unspecified atom stereocenters. The molecule has 0 aliphatic heterocycles. The molecular formula is C17H17NO2. The van der Waals surface area contributed by atoms with Crippen LogP contribution in [0.25, 0.3) is 0 Å². The maximum atomic E-state index is 8.71. The van der Waals surface area contributed by atoms with Crippen molar-refractivity contribution in [2.75, 3.05) is 13.2 Å². The van der Waals surface area contributed by atoms with Crippen LogP contribution in [-0.2, 0) is 6.42 Å². The first-order valence-corrected chi connectivity index (χ1v) is 6.67. The van der Waals surface area contributed by atoms with E-state index in [1.807, 2.05) is 18.2 Å². The second-order valence-electron chi connectivity index (χ2n) is 4.29. The summed E-state index contributed by atoms with van der Waals surface area (Å²) in [6, 6.07) is 17.2. The van der Waals surface area contributed by atoms with Gasteiger partial charge in [0.05, 0.1) is 11.6 Å². The second kappa shape index (κ2) is 7.20. The third-order valence-electron chi connectivity index (χ3n) is 2.95. The first-order chi connectivity index (χ1) is 9.83. The Morgan fingerprint density at radius 2 is 1.65 bits per heavy atom. The third-order valence-corrected chi connectivity index (χ3v) is 2.95. The molecule has 2 rings (SSSR count). The predicted octanol–water partition coefficient (Wildman–Crippen LogP) is 3.58. The number of para-hydroxylation sites is 1. The molecule has 0 N–H and O–H groups in total. The van der Waals surface area contributed by atoms with Gasteiger partial charge in [0.15, 0.2) is 0 Å². The minimum Gasteiger partial charge on any atom is -0.490 e. The highest BCUT2D eigenvalue weighted by atomic mass is 16.5. The molecule has 0 amide bonds. The van der Waals surface area contributed by atoms with Crippen molar-refractivity contribution in [3.63, 3.8) is 0 Å². The van der Waals surface area contributed by atoms with Crippen molar-refractivity contribution in [1.29, 1.82) is 5.26 Å². The minimum atomic E-state index is 0.476. The lowest BCUT2D eigenvalue weighted by Gasteiger charge is -2.11. The Balaban J connectivity index is 1.80. The fourth-order valence-electron chi connectivity index (χ4n) is 1.87. The van der Waals surface area contributed by atoms with Gasteiger partial charge < -0.3 is 9.47 Å².